The first-order chi connectivity index (χ1) is 18.4. The van der Waals surface area contributed by atoms with Crippen LogP contribution in [0.5, 0.6) is 0 Å². The summed E-state index contributed by atoms with van der Waals surface area (Å²) in [6.45, 7) is 4.83. The fourth-order valence-electron chi connectivity index (χ4n) is 4.01. The van der Waals surface area contributed by atoms with Crippen LogP contribution in [0, 0.1) is 3.57 Å². The van der Waals surface area contributed by atoms with Crippen LogP contribution in [0.1, 0.15) is 32.8 Å². The lowest BCUT2D eigenvalue weighted by Crippen LogP contribution is -2.53. The molecule has 1 N–H and O–H groups in total. The molecule has 0 aliphatic rings. The molecule has 39 heavy (non-hydrogen) atoms. The Morgan fingerprint density at radius 2 is 1.51 bits per heavy atom. The van der Waals surface area contributed by atoms with Crippen molar-refractivity contribution in [1.29, 1.82) is 0 Å². The van der Waals surface area contributed by atoms with Crippen molar-refractivity contribution in [2.75, 3.05) is 10.8 Å². The van der Waals surface area contributed by atoms with Crippen LogP contribution >= 0.6 is 45.8 Å². The van der Waals surface area contributed by atoms with Crippen LogP contribution in [-0.4, -0.2) is 43.8 Å². The number of carbonyl (C=O) groups is 2. The first-order valence-corrected chi connectivity index (χ1v) is 15.6. The molecule has 0 radical (unpaired) electrons. The zero-order valence-corrected chi connectivity index (χ0v) is 26.3. The Bertz CT molecular complexity index is 1380. The van der Waals surface area contributed by atoms with Gasteiger partial charge in [0.2, 0.25) is 11.8 Å². The zero-order chi connectivity index (χ0) is 28.7. The molecule has 0 saturated heterocycles. The molecule has 0 spiro atoms. The minimum Gasteiger partial charge on any atom is -0.352 e. The number of halogens is 3. The van der Waals surface area contributed by atoms with Gasteiger partial charge < -0.3 is 10.2 Å². The summed E-state index contributed by atoms with van der Waals surface area (Å²) in [5.74, 6) is -0.925. The highest BCUT2D eigenvalue weighted by Gasteiger charge is 2.34. The van der Waals surface area contributed by atoms with E-state index in [2.05, 4.69) is 27.9 Å². The molecular weight excluding hydrogens is 672 g/mol. The highest BCUT2D eigenvalue weighted by atomic mass is 127. The van der Waals surface area contributed by atoms with E-state index < -0.39 is 28.5 Å². The lowest BCUT2D eigenvalue weighted by Gasteiger charge is -2.34. The summed E-state index contributed by atoms with van der Waals surface area (Å²) in [4.78, 5) is 28.6. The molecular formula is C28H30Cl2IN3O4S. The summed E-state index contributed by atoms with van der Waals surface area (Å²) in [6.07, 6.45) is 0.293. The van der Waals surface area contributed by atoms with E-state index in [1.54, 1.807) is 67.6 Å². The monoisotopic (exact) mass is 701 g/mol. The van der Waals surface area contributed by atoms with E-state index in [9.17, 15) is 18.0 Å². The van der Waals surface area contributed by atoms with Gasteiger partial charge in [-0.2, -0.15) is 0 Å². The number of rotatable bonds is 11. The molecule has 0 heterocycles. The number of anilines is 1. The lowest BCUT2D eigenvalue weighted by molar-refractivity contribution is -0.140. The predicted molar refractivity (Wildman–Crippen MR) is 165 cm³/mol. The first-order valence-electron chi connectivity index (χ1n) is 12.3. The van der Waals surface area contributed by atoms with Crippen molar-refractivity contribution < 1.29 is 18.0 Å². The van der Waals surface area contributed by atoms with Gasteiger partial charge in [-0.25, -0.2) is 8.42 Å². The molecule has 1 atom stereocenters. The molecule has 0 saturated carbocycles. The van der Waals surface area contributed by atoms with Gasteiger partial charge in [-0.1, -0.05) is 54.4 Å². The van der Waals surface area contributed by atoms with Crippen molar-refractivity contribution in [2.45, 2.75) is 50.7 Å². The Hall–Kier alpha value is -2.34. The van der Waals surface area contributed by atoms with Gasteiger partial charge in [-0.3, -0.25) is 13.9 Å². The molecule has 11 heteroatoms. The topological polar surface area (TPSA) is 86.8 Å². The molecule has 3 rings (SSSR count). The van der Waals surface area contributed by atoms with Gasteiger partial charge in [0.25, 0.3) is 10.0 Å². The van der Waals surface area contributed by atoms with E-state index in [1.807, 2.05) is 13.8 Å². The zero-order valence-electron chi connectivity index (χ0n) is 21.8. The number of sulfonamides is 1. The molecule has 0 aliphatic heterocycles. The fraction of sp³-hybridized carbons (Fsp3) is 0.286. The average Bonchev–Trinajstić information content (AvgIpc) is 2.89. The SMILES string of the molecule is CC[C@@H](C(=O)NC(C)C)N(Cc1c(Cl)cccc1Cl)C(=O)CN(c1ccc(I)cc1)S(=O)(=O)c1ccccc1. The smallest absolute Gasteiger partial charge is 0.264 e. The quantitative estimate of drug-likeness (QED) is 0.244. The summed E-state index contributed by atoms with van der Waals surface area (Å²) in [5, 5.41) is 3.54. The van der Waals surface area contributed by atoms with Gasteiger partial charge in [0.1, 0.15) is 12.6 Å². The normalized spacial score (nSPS) is 12.2. The second-order valence-corrected chi connectivity index (χ2v) is 13.0. The minimum atomic E-state index is -4.13. The van der Waals surface area contributed by atoms with Crippen molar-refractivity contribution in [3.63, 3.8) is 0 Å². The molecule has 0 aromatic heterocycles. The molecule has 3 aromatic rings. The number of amides is 2. The highest BCUT2D eigenvalue weighted by Crippen LogP contribution is 2.29. The maximum Gasteiger partial charge on any atom is 0.264 e. The Labute approximate surface area is 253 Å². The van der Waals surface area contributed by atoms with Crippen molar-refractivity contribution in [3.05, 3.63) is 92.0 Å². The molecule has 0 aliphatic carbocycles. The van der Waals surface area contributed by atoms with Crippen LogP contribution < -0.4 is 9.62 Å². The third-order valence-corrected chi connectivity index (χ3v) is 9.15. The first kappa shape index (κ1) is 31.2. The average molecular weight is 702 g/mol. The van der Waals surface area contributed by atoms with E-state index in [1.165, 1.54) is 17.0 Å². The number of carbonyl (C=O) groups excluding carboxylic acids is 2. The van der Waals surface area contributed by atoms with Gasteiger partial charge in [0.05, 0.1) is 10.6 Å². The number of nitrogens with one attached hydrogen (secondary N) is 1. The summed E-state index contributed by atoms with van der Waals surface area (Å²) < 4.78 is 29.6. The maximum atomic E-state index is 14.0. The molecule has 208 valence electrons. The van der Waals surface area contributed by atoms with Crippen LogP contribution in [0.25, 0.3) is 0 Å². The molecule has 0 fully saturated rings. The van der Waals surface area contributed by atoms with Gasteiger partial charge in [-0.15, -0.1) is 0 Å². The Morgan fingerprint density at radius 3 is 2.05 bits per heavy atom. The van der Waals surface area contributed by atoms with Crippen LogP contribution in [0.2, 0.25) is 10.0 Å². The van der Waals surface area contributed by atoms with E-state index in [4.69, 9.17) is 23.2 Å². The molecule has 7 nitrogen and oxygen atoms in total. The fourth-order valence-corrected chi connectivity index (χ4v) is 6.32. The molecule has 3 aromatic carbocycles. The summed E-state index contributed by atoms with van der Waals surface area (Å²) in [6, 6.07) is 18.7. The second-order valence-electron chi connectivity index (χ2n) is 9.11. The Morgan fingerprint density at radius 1 is 0.923 bits per heavy atom. The number of nitrogens with zero attached hydrogens (tertiary/aromatic N) is 2. The summed E-state index contributed by atoms with van der Waals surface area (Å²) in [7, 11) is -4.13. The van der Waals surface area contributed by atoms with Crippen molar-refractivity contribution in [1.82, 2.24) is 10.2 Å². The maximum absolute atomic E-state index is 14.0. The number of hydrogen-bond acceptors (Lipinski definition) is 4. The summed E-state index contributed by atoms with van der Waals surface area (Å²) in [5.41, 5.74) is 0.791. The van der Waals surface area contributed by atoms with E-state index >= 15 is 0 Å². The number of hydrogen-bond donors (Lipinski definition) is 1. The van der Waals surface area contributed by atoms with Gasteiger partial charge in [-0.05, 0) is 91.4 Å². The third kappa shape index (κ3) is 7.87. The van der Waals surface area contributed by atoms with Gasteiger partial charge in [0, 0.05) is 31.8 Å². The predicted octanol–water partition coefficient (Wildman–Crippen LogP) is 6.13. The Kier molecular flexibility index (Phi) is 11.1. The van der Waals surface area contributed by atoms with Crippen LogP contribution in [0.3, 0.4) is 0 Å². The van der Waals surface area contributed by atoms with Crippen molar-refractivity contribution >= 4 is 73.3 Å². The van der Waals surface area contributed by atoms with E-state index in [-0.39, 0.29) is 23.4 Å². The van der Waals surface area contributed by atoms with Crippen LogP contribution in [0.4, 0.5) is 5.69 Å². The van der Waals surface area contributed by atoms with E-state index in [0.717, 1.165) is 7.88 Å². The second kappa shape index (κ2) is 13.8. The highest BCUT2D eigenvalue weighted by molar-refractivity contribution is 14.1. The van der Waals surface area contributed by atoms with Gasteiger partial charge in [0.15, 0.2) is 0 Å². The van der Waals surface area contributed by atoms with Crippen LogP contribution in [0.15, 0.2) is 77.7 Å². The third-order valence-electron chi connectivity index (χ3n) is 5.93. The summed E-state index contributed by atoms with van der Waals surface area (Å²) >= 11 is 15.0. The van der Waals surface area contributed by atoms with E-state index in [0.29, 0.717) is 27.7 Å². The Balaban J connectivity index is 2.09. The minimum absolute atomic E-state index is 0.0432. The van der Waals surface area contributed by atoms with Crippen molar-refractivity contribution in [2.24, 2.45) is 0 Å². The molecule has 0 bridgehead atoms. The van der Waals surface area contributed by atoms with Crippen LogP contribution in [-0.2, 0) is 26.2 Å². The largest absolute Gasteiger partial charge is 0.352 e. The van der Waals surface area contributed by atoms with Gasteiger partial charge >= 0.3 is 0 Å². The molecule has 0 unspecified atom stereocenters. The molecule has 2 amide bonds. The lowest BCUT2D eigenvalue weighted by atomic mass is 10.1. The number of benzene rings is 3. The standard InChI is InChI=1S/C28H30Cl2IN3O4S/c1-4-26(28(36)32-19(2)3)33(17-23-24(29)11-8-12-25(23)30)27(35)18-34(21-15-13-20(31)14-16-21)39(37,38)22-9-6-5-7-10-22/h5-16,19,26H,4,17-18H2,1-3H3,(H,32,36)/t26-/m0/s1. The van der Waals surface area contributed by atoms with Crippen molar-refractivity contribution in [3.8, 4) is 0 Å².